The molecule has 1 aromatic heterocycles. The van der Waals surface area contributed by atoms with Gasteiger partial charge in [-0.2, -0.15) is 13.2 Å². The van der Waals surface area contributed by atoms with Crippen LogP contribution in [-0.2, 0) is 19.3 Å². The number of alkyl halides is 3. The third-order valence-electron chi connectivity index (χ3n) is 4.44. The van der Waals surface area contributed by atoms with Gasteiger partial charge >= 0.3 is 6.18 Å². The van der Waals surface area contributed by atoms with Crippen molar-refractivity contribution in [1.82, 2.24) is 20.2 Å². The van der Waals surface area contributed by atoms with Gasteiger partial charge in [-0.3, -0.25) is 4.99 Å². The molecule has 2 aromatic carbocycles. The molecule has 0 amide bonds. The van der Waals surface area contributed by atoms with Crippen molar-refractivity contribution in [2.24, 2.45) is 4.99 Å². The first-order valence-electron chi connectivity index (χ1n) is 8.91. The molecule has 3 rings (SSSR count). The smallest absolute Gasteiger partial charge is 0.355 e. The van der Waals surface area contributed by atoms with Crippen molar-refractivity contribution >= 4 is 17.0 Å². The number of aryl methyl sites for hydroxylation is 1. The summed E-state index contributed by atoms with van der Waals surface area (Å²) in [5.74, 6) is 1.53. The minimum Gasteiger partial charge on any atom is -0.355 e. The van der Waals surface area contributed by atoms with Crippen molar-refractivity contribution in [1.29, 1.82) is 0 Å². The quantitative estimate of drug-likeness (QED) is 0.517. The van der Waals surface area contributed by atoms with E-state index in [1.54, 1.807) is 7.05 Å². The number of aliphatic imine (C=N–C) groups is 1. The Morgan fingerprint density at radius 3 is 2.46 bits per heavy atom. The number of hydrogen-bond acceptors (Lipinski definition) is 2. The lowest BCUT2D eigenvalue weighted by atomic mass is 10.1. The van der Waals surface area contributed by atoms with Crippen LogP contribution in [0.1, 0.15) is 17.0 Å². The lowest BCUT2D eigenvalue weighted by Gasteiger charge is -2.14. The molecule has 1 heterocycles. The van der Waals surface area contributed by atoms with Gasteiger partial charge in [0.25, 0.3) is 0 Å². The number of benzene rings is 2. The van der Waals surface area contributed by atoms with E-state index in [2.05, 4.69) is 25.2 Å². The van der Waals surface area contributed by atoms with Crippen LogP contribution < -0.4 is 10.6 Å². The molecule has 0 atom stereocenters. The van der Waals surface area contributed by atoms with Gasteiger partial charge in [0.1, 0.15) is 5.82 Å². The Bertz CT molecular complexity index is 958. The van der Waals surface area contributed by atoms with Crippen molar-refractivity contribution in [2.45, 2.75) is 26.2 Å². The molecule has 8 heteroatoms. The van der Waals surface area contributed by atoms with Gasteiger partial charge in [0.15, 0.2) is 5.96 Å². The molecule has 5 nitrogen and oxygen atoms in total. The van der Waals surface area contributed by atoms with E-state index in [0.717, 1.165) is 34.6 Å². The number of hydrogen-bond donors (Lipinski definition) is 2. The number of imidazole rings is 1. The first-order valence-corrected chi connectivity index (χ1v) is 8.91. The van der Waals surface area contributed by atoms with Gasteiger partial charge in [-0.05, 0) is 36.8 Å². The van der Waals surface area contributed by atoms with Gasteiger partial charge in [0, 0.05) is 26.7 Å². The number of rotatable bonds is 5. The highest BCUT2D eigenvalue weighted by atomic mass is 19.4. The SMILES string of the molecule is CN=C(NCCn1c(C)nc2ccccc21)NCc1ccc(C(F)(F)F)cc1. The van der Waals surface area contributed by atoms with Crippen LogP contribution in [0.4, 0.5) is 13.2 Å². The van der Waals surface area contributed by atoms with Crippen LogP contribution in [0.15, 0.2) is 53.5 Å². The summed E-state index contributed by atoms with van der Waals surface area (Å²) in [7, 11) is 1.65. The van der Waals surface area contributed by atoms with Crippen molar-refractivity contribution in [3.05, 3.63) is 65.5 Å². The first kappa shape index (κ1) is 19.7. The largest absolute Gasteiger partial charge is 0.416 e. The molecule has 0 radical (unpaired) electrons. The predicted octanol–water partition coefficient (Wildman–Crippen LogP) is 3.73. The van der Waals surface area contributed by atoms with E-state index in [0.29, 0.717) is 25.6 Å². The van der Waals surface area contributed by atoms with E-state index < -0.39 is 11.7 Å². The number of guanidine groups is 1. The summed E-state index contributed by atoms with van der Waals surface area (Å²) < 4.78 is 40.0. The molecule has 2 N–H and O–H groups in total. The van der Waals surface area contributed by atoms with Crippen LogP contribution in [0.25, 0.3) is 11.0 Å². The molecule has 0 bridgehead atoms. The van der Waals surface area contributed by atoms with E-state index in [4.69, 9.17) is 0 Å². The Hall–Kier alpha value is -3.03. The molecule has 0 aliphatic carbocycles. The zero-order valence-electron chi connectivity index (χ0n) is 15.7. The molecule has 0 saturated heterocycles. The fraction of sp³-hybridized carbons (Fsp3) is 0.300. The average Bonchev–Trinajstić information content (AvgIpc) is 2.99. The maximum absolute atomic E-state index is 12.6. The van der Waals surface area contributed by atoms with Crippen molar-refractivity contribution in [3.8, 4) is 0 Å². The van der Waals surface area contributed by atoms with Gasteiger partial charge in [-0.1, -0.05) is 24.3 Å². The summed E-state index contributed by atoms with van der Waals surface area (Å²) in [6.45, 7) is 3.70. The molecule has 148 valence electrons. The van der Waals surface area contributed by atoms with E-state index in [1.807, 2.05) is 31.2 Å². The second-order valence-corrected chi connectivity index (χ2v) is 6.35. The number of fused-ring (bicyclic) bond motifs is 1. The van der Waals surface area contributed by atoms with Gasteiger partial charge in [0.2, 0.25) is 0 Å². The predicted molar refractivity (Wildman–Crippen MR) is 104 cm³/mol. The molecule has 3 aromatic rings. The van der Waals surface area contributed by atoms with Crippen LogP contribution >= 0.6 is 0 Å². The number of nitrogens with one attached hydrogen (secondary N) is 2. The second kappa shape index (κ2) is 8.33. The summed E-state index contributed by atoms with van der Waals surface area (Å²) >= 11 is 0. The first-order chi connectivity index (χ1) is 13.4. The minimum absolute atomic E-state index is 0.380. The van der Waals surface area contributed by atoms with Gasteiger partial charge < -0.3 is 15.2 Å². The highest BCUT2D eigenvalue weighted by Crippen LogP contribution is 2.29. The maximum Gasteiger partial charge on any atom is 0.416 e. The Balaban J connectivity index is 1.53. The third-order valence-corrected chi connectivity index (χ3v) is 4.44. The van der Waals surface area contributed by atoms with Crippen LogP contribution in [0.5, 0.6) is 0 Å². The number of aromatic nitrogens is 2. The van der Waals surface area contributed by atoms with Crippen molar-refractivity contribution in [3.63, 3.8) is 0 Å². The number of para-hydroxylation sites is 2. The molecule has 0 spiro atoms. The molecule has 0 unspecified atom stereocenters. The summed E-state index contributed by atoms with van der Waals surface area (Å²) in [5, 5.41) is 6.32. The standard InChI is InChI=1S/C20H22F3N5/c1-14-27-17-5-3-4-6-18(17)28(14)12-11-25-19(24-2)26-13-15-7-9-16(10-8-15)20(21,22)23/h3-10H,11-13H2,1-2H3,(H2,24,25,26). The van der Waals surface area contributed by atoms with E-state index in [1.165, 1.54) is 12.1 Å². The lowest BCUT2D eigenvalue weighted by Crippen LogP contribution is -2.38. The number of nitrogens with zero attached hydrogens (tertiary/aromatic N) is 3. The zero-order chi connectivity index (χ0) is 20.1. The molecule has 0 saturated carbocycles. The molecular weight excluding hydrogens is 367 g/mol. The minimum atomic E-state index is -4.32. The Labute approximate surface area is 161 Å². The molecule has 0 aliphatic rings. The molecule has 28 heavy (non-hydrogen) atoms. The summed E-state index contributed by atoms with van der Waals surface area (Å²) in [6, 6.07) is 13.1. The highest BCUT2D eigenvalue weighted by Gasteiger charge is 2.29. The monoisotopic (exact) mass is 389 g/mol. The van der Waals surface area contributed by atoms with E-state index >= 15 is 0 Å². The van der Waals surface area contributed by atoms with Gasteiger partial charge in [-0.15, -0.1) is 0 Å². The maximum atomic E-state index is 12.6. The lowest BCUT2D eigenvalue weighted by molar-refractivity contribution is -0.137. The van der Waals surface area contributed by atoms with Crippen LogP contribution in [-0.4, -0.2) is 29.1 Å². The van der Waals surface area contributed by atoms with E-state index in [9.17, 15) is 13.2 Å². The zero-order valence-corrected chi connectivity index (χ0v) is 15.7. The van der Waals surface area contributed by atoms with Crippen LogP contribution in [0, 0.1) is 6.92 Å². The van der Waals surface area contributed by atoms with E-state index in [-0.39, 0.29) is 0 Å². The second-order valence-electron chi connectivity index (χ2n) is 6.35. The summed E-state index contributed by atoms with van der Waals surface area (Å²) in [6.07, 6.45) is -4.32. The average molecular weight is 389 g/mol. The fourth-order valence-electron chi connectivity index (χ4n) is 2.98. The van der Waals surface area contributed by atoms with Crippen molar-refractivity contribution in [2.75, 3.05) is 13.6 Å². The third kappa shape index (κ3) is 4.62. The Kier molecular flexibility index (Phi) is 5.87. The van der Waals surface area contributed by atoms with Crippen LogP contribution in [0.2, 0.25) is 0 Å². The topological polar surface area (TPSA) is 54.2 Å². The van der Waals surface area contributed by atoms with Gasteiger partial charge in [-0.25, -0.2) is 4.98 Å². The number of halogens is 3. The molecular formula is C20H22F3N5. The normalized spacial score (nSPS) is 12.4. The summed E-state index contributed by atoms with van der Waals surface area (Å²) in [5.41, 5.74) is 2.13. The molecule has 0 aliphatic heterocycles. The van der Waals surface area contributed by atoms with Gasteiger partial charge in [0.05, 0.1) is 16.6 Å². The summed E-state index contributed by atoms with van der Waals surface area (Å²) in [4.78, 5) is 8.69. The van der Waals surface area contributed by atoms with Crippen LogP contribution in [0.3, 0.4) is 0 Å². The molecule has 0 fully saturated rings. The Morgan fingerprint density at radius 2 is 1.79 bits per heavy atom. The van der Waals surface area contributed by atoms with Crippen molar-refractivity contribution < 1.29 is 13.2 Å². The highest BCUT2D eigenvalue weighted by molar-refractivity contribution is 5.79. The fourth-order valence-corrected chi connectivity index (χ4v) is 2.98. The Morgan fingerprint density at radius 1 is 1.07 bits per heavy atom.